The highest BCUT2D eigenvalue weighted by Crippen LogP contribution is 2.56. The fourth-order valence-corrected chi connectivity index (χ4v) is 14.9. The molecule has 270 valence electrons. The minimum absolute atomic E-state index is 0.585. The average Bonchev–Trinajstić information content (AvgIpc) is 3.75. The lowest BCUT2D eigenvalue weighted by Gasteiger charge is -2.45. The van der Waals surface area contributed by atoms with E-state index in [0.717, 1.165) is 40.2 Å². The zero-order chi connectivity index (χ0) is 33.7. The number of hydrogen-bond donors (Lipinski definition) is 0. The highest BCUT2D eigenvalue weighted by Gasteiger charge is 2.49. The van der Waals surface area contributed by atoms with E-state index in [9.17, 15) is 0 Å². The van der Waals surface area contributed by atoms with Crippen LogP contribution in [0.4, 0.5) is 5.69 Å². The average molecular weight is 699 g/mol. The van der Waals surface area contributed by atoms with E-state index >= 15 is 0 Å². The van der Waals surface area contributed by atoms with Crippen LogP contribution in [0.5, 0.6) is 0 Å². The Kier molecular flexibility index (Phi) is 9.41. The van der Waals surface area contributed by atoms with Crippen LogP contribution in [0, 0.1) is 23.7 Å². The summed E-state index contributed by atoms with van der Waals surface area (Å²) >= 11 is 2.33. The minimum Gasteiger partial charge on any atom is -0.365 e. The molecule has 1 saturated heterocycles. The van der Waals surface area contributed by atoms with Gasteiger partial charge in [-0.3, -0.25) is 0 Å². The smallest absolute Gasteiger partial charge is 0.0543 e. The molecular formula is C48H62N2S. The van der Waals surface area contributed by atoms with Gasteiger partial charge in [0.2, 0.25) is 0 Å². The summed E-state index contributed by atoms with van der Waals surface area (Å²) in [6, 6.07) is 12.9. The molecule has 2 aliphatic heterocycles. The normalized spacial score (nSPS) is 39.0. The van der Waals surface area contributed by atoms with E-state index in [4.69, 9.17) is 0 Å². The quantitative estimate of drug-likeness (QED) is 0.273. The third-order valence-electron chi connectivity index (χ3n) is 15.3. The van der Waals surface area contributed by atoms with Crippen molar-refractivity contribution in [3.05, 3.63) is 101 Å². The molecule has 8 unspecified atom stereocenters. The summed E-state index contributed by atoms with van der Waals surface area (Å²) in [5.74, 6) is 3.95. The first-order chi connectivity index (χ1) is 25.3. The van der Waals surface area contributed by atoms with E-state index in [0.29, 0.717) is 24.0 Å². The number of nitrogens with zero attached hydrogens (tertiary/aromatic N) is 2. The summed E-state index contributed by atoms with van der Waals surface area (Å²) in [5, 5.41) is 1.55. The van der Waals surface area contributed by atoms with Crippen LogP contribution >= 0.6 is 11.8 Å². The van der Waals surface area contributed by atoms with Gasteiger partial charge in [0.1, 0.15) is 0 Å². The molecule has 8 atom stereocenters. The molecule has 3 heteroatoms. The zero-order valence-electron chi connectivity index (χ0n) is 31.1. The van der Waals surface area contributed by atoms with Gasteiger partial charge in [0.25, 0.3) is 0 Å². The predicted octanol–water partition coefficient (Wildman–Crippen LogP) is 12.2. The lowest BCUT2D eigenvalue weighted by Crippen LogP contribution is -2.44. The fourth-order valence-electron chi connectivity index (χ4n) is 12.9. The van der Waals surface area contributed by atoms with Gasteiger partial charge >= 0.3 is 0 Å². The summed E-state index contributed by atoms with van der Waals surface area (Å²) in [4.78, 5) is 5.90. The van der Waals surface area contributed by atoms with Crippen LogP contribution in [-0.4, -0.2) is 39.6 Å². The van der Waals surface area contributed by atoms with Gasteiger partial charge in [0.15, 0.2) is 0 Å². The number of allylic oxidation sites excluding steroid dienone is 8. The van der Waals surface area contributed by atoms with E-state index in [1.807, 2.05) is 0 Å². The maximum Gasteiger partial charge on any atom is 0.0543 e. The Morgan fingerprint density at radius 2 is 1.55 bits per heavy atom. The van der Waals surface area contributed by atoms with Crippen LogP contribution in [0.1, 0.15) is 133 Å². The lowest BCUT2D eigenvalue weighted by molar-refractivity contribution is 0.122. The van der Waals surface area contributed by atoms with Gasteiger partial charge in [-0.2, -0.15) is 0 Å². The Labute approximate surface area is 313 Å². The molecule has 0 radical (unpaired) electrons. The van der Waals surface area contributed by atoms with Crippen LogP contribution < -0.4 is 4.90 Å². The SMILES string of the molecule is C1=CC2SC3C(C4CCC(N5C6=C(CC(c7ccc(N(C8C=CCCC8)C8CCCCC8)cc7)CC6)C6=CCCCC65)CC4)C=CCC3C2C=C1. The molecule has 7 aliphatic carbocycles. The molecule has 2 nitrogen and oxygen atoms in total. The number of thioether (sulfide) groups is 1. The molecule has 0 amide bonds. The summed E-state index contributed by atoms with van der Waals surface area (Å²) < 4.78 is 0. The summed E-state index contributed by atoms with van der Waals surface area (Å²) in [7, 11) is 0. The van der Waals surface area contributed by atoms with Crippen LogP contribution in [0.15, 0.2) is 95.8 Å². The van der Waals surface area contributed by atoms with Crippen LogP contribution in [0.3, 0.4) is 0 Å². The molecule has 0 bridgehead atoms. The van der Waals surface area contributed by atoms with Crippen LogP contribution in [0.2, 0.25) is 0 Å². The molecule has 3 fully saturated rings. The topological polar surface area (TPSA) is 6.48 Å². The van der Waals surface area contributed by atoms with Crippen molar-refractivity contribution >= 4 is 17.4 Å². The molecule has 51 heavy (non-hydrogen) atoms. The van der Waals surface area contributed by atoms with Gasteiger partial charge in [-0.15, -0.1) is 11.8 Å². The number of hydrogen-bond acceptors (Lipinski definition) is 3. The fraction of sp³-hybridized carbons (Fsp3) is 0.625. The molecule has 0 spiro atoms. The van der Waals surface area contributed by atoms with Crippen molar-refractivity contribution in [3.63, 3.8) is 0 Å². The maximum absolute atomic E-state index is 3.06. The van der Waals surface area contributed by atoms with E-state index in [1.165, 1.54) is 128 Å². The second-order valence-corrected chi connectivity index (χ2v) is 19.3. The van der Waals surface area contributed by atoms with Crippen molar-refractivity contribution < 1.29 is 0 Å². The third-order valence-corrected chi connectivity index (χ3v) is 17.1. The van der Waals surface area contributed by atoms with Gasteiger partial charge in [0, 0.05) is 40.0 Å². The van der Waals surface area contributed by atoms with Crippen molar-refractivity contribution in [2.75, 3.05) is 4.90 Å². The number of fused-ring (bicyclic) bond motifs is 5. The molecule has 0 aromatic heterocycles. The second kappa shape index (κ2) is 14.4. The third kappa shape index (κ3) is 6.18. The molecule has 9 aliphatic rings. The van der Waals surface area contributed by atoms with Crippen molar-refractivity contribution in [1.29, 1.82) is 0 Å². The lowest BCUT2D eigenvalue weighted by atomic mass is 9.69. The number of benzene rings is 1. The second-order valence-electron chi connectivity index (χ2n) is 18.0. The van der Waals surface area contributed by atoms with Gasteiger partial charge in [0.05, 0.1) is 6.04 Å². The van der Waals surface area contributed by atoms with E-state index in [2.05, 4.69) is 101 Å². The minimum atomic E-state index is 0.585. The zero-order valence-corrected chi connectivity index (χ0v) is 31.9. The van der Waals surface area contributed by atoms with E-state index < -0.39 is 0 Å². The first-order valence-corrected chi connectivity index (χ1v) is 22.7. The summed E-state index contributed by atoms with van der Waals surface area (Å²) in [6.07, 6.45) is 48.3. The summed E-state index contributed by atoms with van der Waals surface area (Å²) in [6.45, 7) is 0. The maximum atomic E-state index is 3.06. The Morgan fingerprint density at radius 1 is 0.706 bits per heavy atom. The van der Waals surface area contributed by atoms with Crippen molar-refractivity contribution in [2.45, 2.75) is 163 Å². The first-order valence-electron chi connectivity index (χ1n) is 21.7. The Balaban J connectivity index is 0.838. The molecule has 0 N–H and O–H groups in total. The van der Waals surface area contributed by atoms with Crippen LogP contribution in [-0.2, 0) is 0 Å². The largest absolute Gasteiger partial charge is 0.365 e. The van der Waals surface area contributed by atoms with Crippen molar-refractivity contribution in [3.8, 4) is 0 Å². The molecule has 2 saturated carbocycles. The Hall–Kier alpha value is -2.39. The molecular weight excluding hydrogens is 637 g/mol. The molecule has 1 aromatic carbocycles. The van der Waals surface area contributed by atoms with E-state index in [-0.39, 0.29) is 0 Å². The van der Waals surface area contributed by atoms with Crippen molar-refractivity contribution in [1.82, 2.24) is 4.90 Å². The summed E-state index contributed by atoms with van der Waals surface area (Å²) in [5.41, 5.74) is 8.39. The highest BCUT2D eigenvalue weighted by molar-refractivity contribution is 8.01. The van der Waals surface area contributed by atoms with E-state index in [1.54, 1.807) is 22.4 Å². The molecule has 10 rings (SSSR count). The standard InChI is InChI=1S/C48H62N2S/c1-3-12-36(13-4-1)49(37-14-5-2-6-15-37)38-27-22-33(23-28-38)35-26-31-46-44(32-35)41-16-7-9-20-45(41)50(46)39-29-24-34(25-30-39)40-18-11-19-43-42-17-8-10-21-47(42)51-48(40)43/h3,8,10-12,16-18,21-23,27-28,34-37,39-40,42-43,45,47-48H,1-2,4-7,9,13-15,19-20,24-26,29-32H2. The van der Waals surface area contributed by atoms with Gasteiger partial charge < -0.3 is 9.80 Å². The molecule has 1 aromatic rings. The highest BCUT2D eigenvalue weighted by atomic mass is 32.2. The molecule has 2 heterocycles. The Morgan fingerprint density at radius 3 is 2.39 bits per heavy atom. The first kappa shape index (κ1) is 33.2. The number of anilines is 1. The van der Waals surface area contributed by atoms with Gasteiger partial charge in [-0.25, -0.2) is 0 Å². The predicted molar refractivity (Wildman–Crippen MR) is 217 cm³/mol. The van der Waals surface area contributed by atoms with Crippen molar-refractivity contribution in [2.24, 2.45) is 23.7 Å². The monoisotopic (exact) mass is 698 g/mol. The number of rotatable bonds is 6. The van der Waals surface area contributed by atoms with Crippen LogP contribution in [0.25, 0.3) is 0 Å². The van der Waals surface area contributed by atoms with Gasteiger partial charge in [-0.1, -0.05) is 86.1 Å². The Bertz CT molecular complexity index is 1600. The van der Waals surface area contributed by atoms with Gasteiger partial charge in [-0.05, 0) is 161 Å².